The topological polar surface area (TPSA) is 68.3 Å². The monoisotopic (exact) mass is 302 g/mol. The molecular formula is C16H15ClN2O2. The molecule has 108 valence electrons. The van der Waals surface area contributed by atoms with Crippen LogP contribution >= 0.6 is 11.6 Å². The molecule has 0 aliphatic carbocycles. The third-order valence-corrected chi connectivity index (χ3v) is 3.11. The third kappa shape index (κ3) is 4.38. The van der Waals surface area contributed by atoms with E-state index in [4.69, 9.17) is 21.8 Å². The van der Waals surface area contributed by atoms with Crippen molar-refractivity contribution in [2.24, 2.45) is 5.73 Å². The maximum absolute atomic E-state index is 12.0. The Kier molecular flexibility index (Phi) is 5.44. The number of carbonyl (C=O) groups is 1. The summed E-state index contributed by atoms with van der Waals surface area (Å²) in [5.74, 6) is 6.23. The van der Waals surface area contributed by atoms with E-state index in [0.29, 0.717) is 29.1 Å². The van der Waals surface area contributed by atoms with Crippen molar-refractivity contribution >= 4 is 17.5 Å². The van der Waals surface area contributed by atoms with E-state index in [-0.39, 0.29) is 12.5 Å². The highest BCUT2D eigenvalue weighted by molar-refractivity contribution is 6.32. The van der Waals surface area contributed by atoms with E-state index in [9.17, 15) is 4.79 Å². The Morgan fingerprint density at radius 1 is 1.38 bits per heavy atom. The highest BCUT2D eigenvalue weighted by Gasteiger charge is 2.08. The van der Waals surface area contributed by atoms with Crippen molar-refractivity contribution in [1.29, 1.82) is 0 Å². The Balaban J connectivity index is 1.94. The molecule has 4 nitrogen and oxygen atoms in total. The highest BCUT2D eigenvalue weighted by atomic mass is 35.5. The molecule has 0 fully saturated rings. The zero-order valence-corrected chi connectivity index (χ0v) is 12.1. The molecule has 0 unspecified atom stereocenters. The van der Waals surface area contributed by atoms with Gasteiger partial charge in [0.25, 0.3) is 5.91 Å². The van der Waals surface area contributed by atoms with Gasteiger partial charge in [-0.15, -0.1) is 0 Å². The van der Waals surface area contributed by atoms with Crippen molar-refractivity contribution in [3.8, 4) is 11.8 Å². The number of carbonyl (C=O) groups excluding carboxylic acids is 1. The van der Waals surface area contributed by atoms with Crippen LogP contribution in [0.25, 0.3) is 0 Å². The second kappa shape index (κ2) is 7.53. The van der Waals surface area contributed by atoms with Gasteiger partial charge in [0.2, 0.25) is 0 Å². The molecule has 0 radical (unpaired) electrons. The van der Waals surface area contributed by atoms with E-state index >= 15 is 0 Å². The van der Waals surface area contributed by atoms with Gasteiger partial charge in [0.1, 0.15) is 5.76 Å². The molecule has 0 aliphatic rings. The van der Waals surface area contributed by atoms with Crippen molar-refractivity contribution in [3.63, 3.8) is 0 Å². The summed E-state index contributed by atoms with van der Waals surface area (Å²) in [4.78, 5) is 12.0. The molecule has 0 aliphatic heterocycles. The van der Waals surface area contributed by atoms with E-state index < -0.39 is 0 Å². The molecule has 0 saturated carbocycles. The summed E-state index contributed by atoms with van der Waals surface area (Å²) in [5, 5.41) is 3.25. The van der Waals surface area contributed by atoms with Gasteiger partial charge in [-0.3, -0.25) is 4.79 Å². The summed E-state index contributed by atoms with van der Waals surface area (Å²) in [6.45, 7) is 0.768. The van der Waals surface area contributed by atoms with Gasteiger partial charge in [-0.05, 0) is 30.3 Å². The van der Waals surface area contributed by atoms with Crippen LogP contribution in [-0.4, -0.2) is 19.0 Å². The lowest BCUT2D eigenvalue weighted by molar-refractivity contribution is 0.0953. The fraction of sp³-hybridized carbons (Fsp3) is 0.188. The molecule has 0 saturated heterocycles. The maximum Gasteiger partial charge on any atom is 0.251 e. The lowest BCUT2D eigenvalue weighted by Gasteiger charge is -2.05. The van der Waals surface area contributed by atoms with Crippen LogP contribution in [0.2, 0.25) is 5.02 Å². The van der Waals surface area contributed by atoms with Crippen LogP contribution in [0.5, 0.6) is 0 Å². The Bertz CT molecular complexity index is 669. The summed E-state index contributed by atoms with van der Waals surface area (Å²) >= 11 is 6.09. The summed E-state index contributed by atoms with van der Waals surface area (Å²) in [6.07, 6.45) is 2.25. The molecule has 1 amide bonds. The number of amides is 1. The van der Waals surface area contributed by atoms with Crippen molar-refractivity contribution in [1.82, 2.24) is 5.32 Å². The summed E-state index contributed by atoms with van der Waals surface area (Å²) in [5.41, 5.74) is 6.47. The molecule has 2 aromatic rings. The minimum Gasteiger partial charge on any atom is -0.469 e. The first-order valence-corrected chi connectivity index (χ1v) is 6.87. The van der Waals surface area contributed by atoms with E-state index in [0.717, 1.165) is 5.76 Å². The van der Waals surface area contributed by atoms with Crippen molar-refractivity contribution in [2.75, 3.05) is 13.1 Å². The number of nitrogens with two attached hydrogens (primary N) is 1. The van der Waals surface area contributed by atoms with Crippen LogP contribution in [0.4, 0.5) is 0 Å². The molecule has 2 rings (SSSR count). The fourth-order valence-corrected chi connectivity index (χ4v) is 1.99. The molecular weight excluding hydrogens is 288 g/mol. The zero-order valence-electron chi connectivity index (χ0n) is 11.4. The smallest absolute Gasteiger partial charge is 0.251 e. The minimum atomic E-state index is -0.179. The van der Waals surface area contributed by atoms with Gasteiger partial charge in [0.05, 0.1) is 17.8 Å². The van der Waals surface area contributed by atoms with E-state index in [2.05, 4.69) is 17.2 Å². The molecule has 1 aromatic heterocycles. The lowest BCUT2D eigenvalue weighted by atomic mass is 10.1. The molecule has 3 N–H and O–H groups in total. The Labute approximate surface area is 128 Å². The molecule has 5 heteroatoms. The van der Waals surface area contributed by atoms with E-state index in [1.165, 1.54) is 0 Å². The van der Waals surface area contributed by atoms with Gasteiger partial charge in [-0.1, -0.05) is 23.4 Å². The molecule has 0 atom stereocenters. The maximum atomic E-state index is 12.0. The largest absolute Gasteiger partial charge is 0.469 e. The van der Waals surface area contributed by atoms with Gasteiger partial charge in [0.15, 0.2) is 0 Å². The number of furan rings is 1. The number of hydrogen-bond donors (Lipinski definition) is 2. The Hall–Kier alpha value is -2.22. The van der Waals surface area contributed by atoms with Crippen LogP contribution in [0.3, 0.4) is 0 Å². The van der Waals surface area contributed by atoms with Gasteiger partial charge in [0, 0.05) is 24.1 Å². The number of halogens is 1. The van der Waals surface area contributed by atoms with Crippen LogP contribution in [-0.2, 0) is 6.42 Å². The third-order valence-electron chi connectivity index (χ3n) is 2.79. The predicted molar refractivity (Wildman–Crippen MR) is 82.1 cm³/mol. The molecule has 0 bridgehead atoms. The average molecular weight is 303 g/mol. The molecule has 0 spiro atoms. The number of nitrogens with one attached hydrogen (secondary N) is 1. The van der Waals surface area contributed by atoms with Crippen LogP contribution in [0.15, 0.2) is 41.0 Å². The van der Waals surface area contributed by atoms with Gasteiger partial charge in [-0.25, -0.2) is 0 Å². The van der Waals surface area contributed by atoms with E-state index in [1.807, 2.05) is 12.1 Å². The van der Waals surface area contributed by atoms with Crippen LogP contribution in [0.1, 0.15) is 21.7 Å². The molecule has 1 heterocycles. The van der Waals surface area contributed by atoms with Crippen molar-refractivity contribution in [3.05, 3.63) is 58.5 Å². The summed E-state index contributed by atoms with van der Waals surface area (Å²) in [6, 6.07) is 8.69. The van der Waals surface area contributed by atoms with Crippen molar-refractivity contribution in [2.45, 2.75) is 6.42 Å². The Morgan fingerprint density at radius 3 is 2.90 bits per heavy atom. The van der Waals surface area contributed by atoms with Crippen LogP contribution in [0, 0.1) is 11.8 Å². The van der Waals surface area contributed by atoms with Gasteiger partial charge >= 0.3 is 0 Å². The number of hydrogen-bond acceptors (Lipinski definition) is 3. The summed E-state index contributed by atoms with van der Waals surface area (Å²) in [7, 11) is 0. The predicted octanol–water partition coefficient (Wildman–Crippen LogP) is 2.22. The van der Waals surface area contributed by atoms with Crippen LogP contribution < -0.4 is 11.1 Å². The average Bonchev–Trinajstić information content (AvgIpc) is 2.99. The number of rotatable bonds is 4. The summed E-state index contributed by atoms with van der Waals surface area (Å²) < 4.78 is 5.20. The lowest BCUT2D eigenvalue weighted by Crippen LogP contribution is -2.25. The zero-order chi connectivity index (χ0) is 15.1. The first kappa shape index (κ1) is 15.2. The number of benzene rings is 1. The minimum absolute atomic E-state index is 0.179. The first-order valence-electron chi connectivity index (χ1n) is 6.50. The van der Waals surface area contributed by atoms with Gasteiger partial charge in [-0.2, -0.15) is 0 Å². The first-order chi connectivity index (χ1) is 10.2. The van der Waals surface area contributed by atoms with Crippen molar-refractivity contribution < 1.29 is 9.21 Å². The second-order valence-electron chi connectivity index (χ2n) is 4.29. The normalized spacial score (nSPS) is 9.81. The fourth-order valence-electron chi connectivity index (χ4n) is 1.76. The molecule has 1 aromatic carbocycles. The SMILES string of the molecule is NCC#Cc1ccc(C(=O)NCCc2ccco2)cc1Cl. The second-order valence-corrected chi connectivity index (χ2v) is 4.69. The van der Waals surface area contributed by atoms with E-state index in [1.54, 1.807) is 24.5 Å². The quantitative estimate of drug-likeness (QED) is 0.851. The Morgan fingerprint density at radius 2 is 2.24 bits per heavy atom. The highest BCUT2D eigenvalue weighted by Crippen LogP contribution is 2.17. The standard InChI is InChI=1S/C16H15ClN2O2/c17-15-11-13(6-5-12(15)3-1-8-18)16(20)19-9-7-14-4-2-10-21-14/h2,4-6,10-11H,7-9,18H2,(H,19,20). The van der Waals surface area contributed by atoms with Gasteiger partial charge < -0.3 is 15.5 Å². The molecule has 21 heavy (non-hydrogen) atoms.